The Morgan fingerprint density at radius 3 is 2.45 bits per heavy atom. The van der Waals surface area contributed by atoms with Crippen LogP contribution in [0.2, 0.25) is 0 Å². The maximum atomic E-state index is 12.3. The number of para-hydroxylation sites is 2. The van der Waals surface area contributed by atoms with Gasteiger partial charge >= 0.3 is 0 Å². The number of carbonyl (C=O) groups is 1. The second-order valence-corrected chi connectivity index (χ2v) is 8.36. The average Bonchev–Trinajstić information content (AvgIpc) is 3.10. The largest absolute Gasteiger partial charge is 0.485 e. The Kier molecular flexibility index (Phi) is 6.93. The van der Waals surface area contributed by atoms with Gasteiger partial charge in [0.1, 0.15) is 12.4 Å². The quantitative estimate of drug-likeness (QED) is 0.565. The number of aryl methyl sites for hydroxylation is 1. The molecular weight excluding hydrogens is 384 g/mol. The summed E-state index contributed by atoms with van der Waals surface area (Å²) in [6.07, 6.45) is 0. The van der Waals surface area contributed by atoms with Gasteiger partial charge in [0.15, 0.2) is 11.0 Å². The van der Waals surface area contributed by atoms with Crippen molar-refractivity contribution >= 4 is 17.7 Å². The predicted octanol–water partition coefficient (Wildman–Crippen LogP) is 4.16. The summed E-state index contributed by atoms with van der Waals surface area (Å²) >= 11 is 1.38. The molecule has 2 aromatic carbocycles. The summed E-state index contributed by atoms with van der Waals surface area (Å²) in [7, 11) is 0. The van der Waals surface area contributed by atoms with E-state index in [9.17, 15) is 4.79 Å². The molecule has 0 spiro atoms. The first-order valence-electron chi connectivity index (χ1n) is 9.61. The predicted molar refractivity (Wildman–Crippen MR) is 115 cm³/mol. The average molecular weight is 411 g/mol. The zero-order chi connectivity index (χ0) is 20.8. The maximum absolute atomic E-state index is 12.3. The molecule has 1 N–H and O–H groups in total. The molecule has 7 heteroatoms. The Bertz CT molecular complexity index is 956. The van der Waals surface area contributed by atoms with Crippen molar-refractivity contribution in [3.63, 3.8) is 0 Å². The molecule has 1 unspecified atom stereocenters. The van der Waals surface area contributed by atoms with Crippen molar-refractivity contribution in [2.75, 3.05) is 0 Å². The summed E-state index contributed by atoms with van der Waals surface area (Å²) in [6, 6.07) is 17.8. The van der Waals surface area contributed by atoms with Crippen molar-refractivity contribution in [2.24, 2.45) is 0 Å². The van der Waals surface area contributed by atoms with Crippen molar-refractivity contribution in [1.29, 1.82) is 0 Å². The molecule has 0 bridgehead atoms. The molecule has 0 fully saturated rings. The van der Waals surface area contributed by atoms with E-state index in [4.69, 9.17) is 4.74 Å². The van der Waals surface area contributed by atoms with Crippen LogP contribution >= 0.6 is 11.8 Å². The fourth-order valence-electron chi connectivity index (χ4n) is 2.78. The van der Waals surface area contributed by atoms with Gasteiger partial charge < -0.3 is 10.1 Å². The number of amides is 1. The maximum Gasteiger partial charge on any atom is 0.233 e. The van der Waals surface area contributed by atoms with Gasteiger partial charge in [0, 0.05) is 11.7 Å². The number of thioether (sulfide) groups is 1. The lowest BCUT2D eigenvalue weighted by Gasteiger charge is -2.15. The zero-order valence-electron chi connectivity index (χ0n) is 17.1. The van der Waals surface area contributed by atoms with E-state index in [2.05, 4.69) is 15.5 Å². The van der Waals surface area contributed by atoms with E-state index < -0.39 is 0 Å². The van der Waals surface area contributed by atoms with E-state index in [1.54, 1.807) is 0 Å². The number of carbonyl (C=O) groups excluding carboxylic acids is 1. The Balaban J connectivity index is 1.85. The van der Waals surface area contributed by atoms with Crippen LogP contribution < -0.4 is 10.1 Å². The molecule has 1 aromatic heterocycles. The van der Waals surface area contributed by atoms with Gasteiger partial charge in [0.05, 0.1) is 5.25 Å². The number of hydrogen-bond donors (Lipinski definition) is 1. The highest BCUT2D eigenvalue weighted by Crippen LogP contribution is 2.27. The molecule has 29 heavy (non-hydrogen) atoms. The lowest BCUT2D eigenvalue weighted by molar-refractivity contribution is -0.120. The first-order chi connectivity index (χ1) is 14.0. The van der Waals surface area contributed by atoms with Crippen molar-refractivity contribution in [2.45, 2.75) is 50.8 Å². The van der Waals surface area contributed by atoms with Crippen molar-refractivity contribution < 1.29 is 9.53 Å². The summed E-state index contributed by atoms with van der Waals surface area (Å²) in [6.45, 7) is 8.05. The third-order valence-corrected chi connectivity index (χ3v) is 5.29. The van der Waals surface area contributed by atoms with Crippen LogP contribution in [0.5, 0.6) is 5.75 Å². The van der Waals surface area contributed by atoms with E-state index >= 15 is 0 Å². The highest BCUT2D eigenvalue weighted by atomic mass is 32.2. The van der Waals surface area contributed by atoms with Gasteiger partial charge in [-0.15, -0.1) is 10.2 Å². The minimum atomic E-state index is -0.297. The molecule has 1 heterocycles. The Morgan fingerprint density at radius 1 is 1.07 bits per heavy atom. The van der Waals surface area contributed by atoms with Crippen LogP contribution in [-0.2, 0) is 11.4 Å². The van der Waals surface area contributed by atoms with E-state index in [1.165, 1.54) is 11.8 Å². The number of benzene rings is 2. The molecule has 0 aliphatic rings. The van der Waals surface area contributed by atoms with Gasteiger partial charge in [-0.25, -0.2) is 0 Å². The molecule has 1 amide bonds. The Morgan fingerprint density at radius 2 is 1.76 bits per heavy atom. The minimum absolute atomic E-state index is 0.0228. The number of nitrogens with one attached hydrogen (secondary N) is 1. The van der Waals surface area contributed by atoms with Gasteiger partial charge in [-0.3, -0.25) is 9.36 Å². The summed E-state index contributed by atoms with van der Waals surface area (Å²) in [5.41, 5.74) is 1.99. The number of hydrogen-bond acceptors (Lipinski definition) is 5. The van der Waals surface area contributed by atoms with E-state index in [0.29, 0.717) is 11.0 Å². The first-order valence-corrected chi connectivity index (χ1v) is 10.5. The third-order valence-electron chi connectivity index (χ3n) is 4.25. The lowest BCUT2D eigenvalue weighted by Crippen LogP contribution is -2.36. The van der Waals surface area contributed by atoms with Gasteiger partial charge in [0.2, 0.25) is 5.91 Å². The summed E-state index contributed by atoms with van der Waals surface area (Å²) in [5.74, 6) is 1.47. The lowest BCUT2D eigenvalue weighted by atomic mass is 10.2. The molecule has 0 saturated carbocycles. The van der Waals surface area contributed by atoms with Crippen LogP contribution in [0.15, 0.2) is 59.8 Å². The van der Waals surface area contributed by atoms with E-state index in [-0.39, 0.29) is 23.8 Å². The van der Waals surface area contributed by atoms with Crippen LogP contribution in [0, 0.1) is 6.92 Å². The van der Waals surface area contributed by atoms with Crippen LogP contribution in [0.1, 0.15) is 32.2 Å². The van der Waals surface area contributed by atoms with Gasteiger partial charge in [0.25, 0.3) is 0 Å². The topological polar surface area (TPSA) is 69.0 Å². The fraction of sp³-hybridized carbons (Fsp3) is 0.318. The SMILES string of the molecule is Cc1ccccc1OCc1nnc(SC(C)C(=O)NC(C)C)n1-c1ccccc1. The summed E-state index contributed by atoms with van der Waals surface area (Å²) in [5, 5.41) is 12.0. The monoisotopic (exact) mass is 410 g/mol. The van der Waals surface area contributed by atoms with Crippen molar-refractivity contribution in [3.8, 4) is 11.4 Å². The minimum Gasteiger partial charge on any atom is -0.485 e. The molecular formula is C22H26N4O2S. The second kappa shape index (κ2) is 9.60. The molecule has 0 aliphatic carbocycles. The Labute approximate surface area is 175 Å². The molecule has 0 radical (unpaired) electrons. The Hall–Kier alpha value is -2.80. The molecule has 6 nitrogen and oxygen atoms in total. The molecule has 0 saturated heterocycles. The van der Waals surface area contributed by atoms with Crippen molar-refractivity contribution in [3.05, 3.63) is 66.0 Å². The van der Waals surface area contributed by atoms with E-state index in [1.807, 2.05) is 86.9 Å². The summed E-state index contributed by atoms with van der Waals surface area (Å²) in [4.78, 5) is 12.3. The number of ether oxygens (including phenoxy) is 1. The molecule has 3 rings (SSSR count). The standard InChI is InChI=1S/C22H26N4O2S/c1-15(2)23-21(27)17(4)29-22-25-24-20(26(22)18-11-6-5-7-12-18)14-28-19-13-9-8-10-16(19)3/h5-13,15,17H,14H2,1-4H3,(H,23,27). The molecule has 3 aromatic rings. The van der Waals surface area contributed by atoms with Crippen LogP contribution in [0.3, 0.4) is 0 Å². The highest BCUT2D eigenvalue weighted by molar-refractivity contribution is 8.00. The van der Waals surface area contributed by atoms with E-state index in [0.717, 1.165) is 17.0 Å². The van der Waals surface area contributed by atoms with Gasteiger partial charge in [-0.2, -0.15) is 0 Å². The first kappa shape index (κ1) is 20.9. The normalized spacial score (nSPS) is 12.0. The number of rotatable bonds is 8. The number of aromatic nitrogens is 3. The molecule has 1 atom stereocenters. The zero-order valence-corrected chi connectivity index (χ0v) is 17.9. The van der Waals surface area contributed by atoms with Gasteiger partial charge in [-0.1, -0.05) is 48.2 Å². The smallest absolute Gasteiger partial charge is 0.233 e. The molecule has 152 valence electrons. The third kappa shape index (κ3) is 5.38. The second-order valence-electron chi connectivity index (χ2n) is 7.05. The number of nitrogens with zero attached hydrogens (tertiary/aromatic N) is 3. The van der Waals surface area contributed by atoms with Gasteiger partial charge in [-0.05, 0) is 51.5 Å². The highest BCUT2D eigenvalue weighted by Gasteiger charge is 2.21. The van der Waals surface area contributed by atoms with Crippen LogP contribution in [0.4, 0.5) is 0 Å². The fourth-order valence-corrected chi connectivity index (χ4v) is 3.68. The summed E-state index contributed by atoms with van der Waals surface area (Å²) < 4.78 is 7.94. The van der Waals surface area contributed by atoms with Crippen LogP contribution in [-0.4, -0.2) is 32.0 Å². The van der Waals surface area contributed by atoms with Crippen molar-refractivity contribution in [1.82, 2.24) is 20.1 Å². The molecule has 0 aliphatic heterocycles. The van der Waals surface area contributed by atoms with Crippen LogP contribution in [0.25, 0.3) is 5.69 Å².